The van der Waals surface area contributed by atoms with Gasteiger partial charge in [-0.2, -0.15) is 0 Å². The standard InChI is InChI=1S/C17H21N3O5/c1-11(21)18-8-9-19-15(22)6-7-16(23)20-10-13(17(24)25)12-4-2-3-5-14(12)20/h2-5,13H,6-10H2,1H3,(H,18,21)(H,19,22)(H,24,25). The Kier molecular flexibility index (Phi) is 6.10. The molecule has 0 saturated heterocycles. The Bertz CT molecular complexity index is 689. The van der Waals surface area contributed by atoms with E-state index in [0.29, 0.717) is 24.3 Å². The summed E-state index contributed by atoms with van der Waals surface area (Å²) in [6.07, 6.45) is 0.00194. The fraction of sp³-hybridized carbons (Fsp3) is 0.412. The number of hydrogen-bond acceptors (Lipinski definition) is 4. The van der Waals surface area contributed by atoms with Crippen LogP contribution < -0.4 is 15.5 Å². The molecule has 1 heterocycles. The van der Waals surface area contributed by atoms with Gasteiger partial charge in [-0.15, -0.1) is 0 Å². The summed E-state index contributed by atoms with van der Waals surface area (Å²) in [5, 5.41) is 14.5. The Morgan fingerprint density at radius 3 is 2.48 bits per heavy atom. The van der Waals surface area contributed by atoms with E-state index in [2.05, 4.69) is 10.6 Å². The number of aliphatic carboxylic acids is 1. The fourth-order valence-electron chi connectivity index (χ4n) is 2.74. The Balaban J connectivity index is 1.86. The first-order valence-electron chi connectivity index (χ1n) is 8.03. The van der Waals surface area contributed by atoms with Crippen LogP contribution in [0.3, 0.4) is 0 Å². The Labute approximate surface area is 145 Å². The van der Waals surface area contributed by atoms with Crippen molar-refractivity contribution in [3.05, 3.63) is 29.8 Å². The number of benzene rings is 1. The molecule has 1 aromatic rings. The summed E-state index contributed by atoms with van der Waals surface area (Å²) in [5.41, 5.74) is 1.20. The largest absolute Gasteiger partial charge is 0.481 e. The van der Waals surface area contributed by atoms with Crippen LogP contribution in [0.1, 0.15) is 31.2 Å². The van der Waals surface area contributed by atoms with Crippen molar-refractivity contribution >= 4 is 29.4 Å². The van der Waals surface area contributed by atoms with Gasteiger partial charge in [0.05, 0.1) is 0 Å². The second-order valence-corrected chi connectivity index (χ2v) is 5.79. The van der Waals surface area contributed by atoms with Gasteiger partial charge in [0.25, 0.3) is 0 Å². The summed E-state index contributed by atoms with van der Waals surface area (Å²) < 4.78 is 0. The second kappa shape index (κ2) is 8.27. The highest BCUT2D eigenvalue weighted by atomic mass is 16.4. The predicted molar refractivity (Wildman–Crippen MR) is 90.1 cm³/mol. The molecule has 1 atom stereocenters. The number of hydrogen-bond donors (Lipinski definition) is 3. The number of carboxylic acid groups (broad SMARTS) is 1. The molecule has 8 heteroatoms. The van der Waals surface area contributed by atoms with Crippen LogP contribution in [0.4, 0.5) is 5.69 Å². The molecular weight excluding hydrogens is 326 g/mol. The van der Waals surface area contributed by atoms with Crippen LogP contribution in [0.15, 0.2) is 24.3 Å². The number of carbonyl (C=O) groups is 4. The summed E-state index contributed by atoms with van der Waals surface area (Å²) >= 11 is 0. The van der Waals surface area contributed by atoms with Gasteiger partial charge in [-0.1, -0.05) is 18.2 Å². The van der Waals surface area contributed by atoms with E-state index in [-0.39, 0.29) is 37.1 Å². The van der Waals surface area contributed by atoms with Gasteiger partial charge in [0.1, 0.15) is 5.92 Å². The van der Waals surface area contributed by atoms with Crippen LogP contribution in [0.2, 0.25) is 0 Å². The molecule has 0 saturated carbocycles. The lowest BCUT2D eigenvalue weighted by molar-refractivity contribution is -0.138. The normalized spacial score (nSPS) is 15.4. The van der Waals surface area contributed by atoms with E-state index in [0.717, 1.165) is 0 Å². The zero-order valence-corrected chi connectivity index (χ0v) is 13.9. The number of amides is 3. The molecule has 134 valence electrons. The lowest BCUT2D eigenvalue weighted by atomic mass is 10.0. The zero-order chi connectivity index (χ0) is 18.4. The molecule has 0 aliphatic carbocycles. The van der Waals surface area contributed by atoms with Crippen molar-refractivity contribution < 1.29 is 24.3 Å². The maximum absolute atomic E-state index is 12.4. The van der Waals surface area contributed by atoms with Crippen molar-refractivity contribution in [2.45, 2.75) is 25.7 Å². The molecule has 0 bridgehead atoms. The third-order valence-electron chi connectivity index (χ3n) is 3.95. The van der Waals surface area contributed by atoms with Crippen LogP contribution in [0, 0.1) is 0 Å². The van der Waals surface area contributed by atoms with E-state index in [1.807, 2.05) is 0 Å². The zero-order valence-electron chi connectivity index (χ0n) is 13.9. The van der Waals surface area contributed by atoms with Crippen LogP contribution in [0.5, 0.6) is 0 Å². The monoisotopic (exact) mass is 347 g/mol. The first-order chi connectivity index (χ1) is 11.9. The highest BCUT2D eigenvalue weighted by Gasteiger charge is 2.36. The minimum Gasteiger partial charge on any atom is -0.481 e. The highest BCUT2D eigenvalue weighted by molar-refractivity contribution is 6.00. The van der Waals surface area contributed by atoms with Gasteiger partial charge in [-0.25, -0.2) is 0 Å². The van der Waals surface area contributed by atoms with Crippen LogP contribution in [-0.2, 0) is 19.2 Å². The van der Waals surface area contributed by atoms with Crippen molar-refractivity contribution in [3.8, 4) is 0 Å². The number of anilines is 1. The summed E-state index contributed by atoms with van der Waals surface area (Å²) in [6.45, 7) is 2.09. The maximum atomic E-state index is 12.4. The Morgan fingerprint density at radius 2 is 1.80 bits per heavy atom. The van der Waals surface area contributed by atoms with Gasteiger partial charge < -0.3 is 20.6 Å². The molecule has 3 N–H and O–H groups in total. The molecule has 8 nitrogen and oxygen atoms in total. The minimum atomic E-state index is -0.974. The lowest BCUT2D eigenvalue weighted by Gasteiger charge is -2.17. The summed E-state index contributed by atoms with van der Waals surface area (Å²) in [5.74, 6) is -2.47. The molecule has 3 amide bonds. The maximum Gasteiger partial charge on any atom is 0.312 e. The number of rotatable bonds is 7. The van der Waals surface area contributed by atoms with E-state index in [9.17, 15) is 24.3 Å². The average molecular weight is 347 g/mol. The van der Waals surface area contributed by atoms with E-state index in [4.69, 9.17) is 0 Å². The number of para-hydroxylation sites is 1. The third-order valence-corrected chi connectivity index (χ3v) is 3.95. The van der Waals surface area contributed by atoms with E-state index < -0.39 is 11.9 Å². The molecule has 0 spiro atoms. The second-order valence-electron chi connectivity index (χ2n) is 5.79. The Hall–Kier alpha value is -2.90. The van der Waals surface area contributed by atoms with Gasteiger partial charge in [-0.3, -0.25) is 19.2 Å². The van der Waals surface area contributed by atoms with Crippen molar-refractivity contribution in [1.82, 2.24) is 10.6 Å². The lowest BCUT2D eigenvalue weighted by Crippen LogP contribution is -2.35. The summed E-state index contributed by atoms with van der Waals surface area (Å²) in [7, 11) is 0. The van der Waals surface area contributed by atoms with Gasteiger partial charge in [0.2, 0.25) is 17.7 Å². The molecule has 1 aliphatic rings. The van der Waals surface area contributed by atoms with E-state index in [1.54, 1.807) is 24.3 Å². The molecule has 25 heavy (non-hydrogen) atoms. The minimum absolute atomic E-state index is 0.00730. The first kappa shape index (κ1) is 18.4. The van der Waals surface area contributed by atoms with Gasteiger partial charge in [-0.05, 0) is 11.6 Å². The van der Waals surface area contributed by atoms with Crippen molar-refractivity contribution in [3.63, 3.8) is 0 Å². The first-order valence-corrected chi connectivity index (χ1v) is 8.03. The number of nitrogens with one attached hydrogen (secondary N) is 2. The molecular formula is C17H21N3O5. The fourth-order valence-corrected chi connectivity index (χ4v) is 2.74. The number of carbonyl (C=O) groups excluding carboxylic acids is 3. The highest BCUT2D eigenvalue weighted by Crippen LogP contribution is 2.36. The topological polar surface area (TPSA) is 116 Å². The van der Waals surface area contributed by atoms with Crippen molar-refractivity contribution in [1.29, 1.82) is 0 Å². The van der Waals surface area contributed by atoms with Gasteiger partial charge in [0, 0.05) is 45.1 Å². The van der Waals surface area contributed by atoms with Crippen molar-refractivity contribution in [2.24, 2.45) is 0 Å². The SMILES string of the molecule is CC(=O)NCCNC(=O)CCC(=O)N1CC(C(=O)O)c2ccccc21. The molecule has 0 aromatic heterocycles. The number of fused-ring (bicyclic) bond motifs is 1. The third kappa shape index (κ3) is 4.79. The molecule has 1 aromatic carbocycles. The average Bonchev–Trinajstić information content (AvgIpc) is 2.96. The molecule has 1 aliphatic heterocycles. The van der Waals surface area contributed by atoms with Gasteiger partial charge in [0.15, 0.2) is 0 Å². The van der Waals surface area contributed by atoms with Crippen LogP contribution in [-0.4, -0.2) is 48.4 Å². The molecule has 1 unspecified atom stereocenters. The predicted octanol–water partition coefficient (Wildman–Crippen LogP) is 0.234. The number of carboxylic acids is 1. The van der Waals surface area contributed by atoms with Gasteiger partial charge >= 0.3 is 5.97 Å². The molecule has 2 rings (SSSR count). The summed E-state index contributed by atoms with van der Waals surface area (Å²) in [6, 6.07) is 6.91. The molecule has 0 radical (unpaired) electrons. The number of nitrogens with zero attached hydrogens (tertiary/aromatic N) is 1. The smallest absolute Gasteiger partial charge is 0.312 e. The molecule has 0 fully saturated rings. The van der Waals surface area contributed by atoms with E-state index >= 15 is 0 Å². The summed E-state index contributed by atoms with van der Waals surface area (Å²) in [4.78, 5) is 47.6. The van der Waals surface area contributed by atoms with Crippen molar-refractivity contribution in [2.75, 3.05) is 24.5 Å². The Morgan fingerprint density at radius 1 is 1.12 bits per heavy atom. The van der Waals surface area contributed by atoms with Crippen LogP contribution in [0.25, 0.3) is 0 Å². The van der Waals surface area contributed by atoms with Crippen LogP contribution >= 0.6 is 0 Å². The van der Waals surface area contributed by atoms with E-state index in [1.165, 1.54) is 11.8 Å². The quantitative estimate of drug-likeness (QED) is 0.611.